The SMILES string of the molecule is C[C@@](C#N)(NC(=O)CN1CCC[C@@H](c2ncc[nH]2)C1)C1CC1. The zero-order chi connectivity index (χ0) is 15.6. The first kappa shape index (κ1) is 15.0. The van der Waals surface area contributed by atoms with E-state index in [-0.39, 0.29) is 5.91 Å². The lowest BCUT2D eigenvalue weighted by Crippen LogP contribution is -2.51. The fourth-order valence-electron chi connectivity index (χ4n) is 3.34. The molecule has 2 heterocycles. The normalized spacial score (nSPS) is 25.2. The van der Waals surface area contributed by atoms with Crippen molar-refractivity contribution < 1.29 is 4.79 Å². The van der Waals surface area contributed by atoms with Gasteiger partial charge in [-0.05, 0) is 45.1 Å². The van der Waals surface area contributed by atoms with E-state index in [2.05, 4.69) is 26.3 Å². The van der Waals surface area contributed by atoms with E-state index < -0.39 is 5.54 Å². The third kappa shape index (κ3) is 3.30. The first-order valence-corrected chi connectivity index (χ1v) is 8.04. The molecule has 1 aliphatic carbocycles. The molecular formula is C16H23N5O. The minimum atomic E-state index is -0.701. The van der Waals surface area contributed by atoms with Crippen LogP contribution in [0.15, 0.2) is 12.4 Å². The molecule has 0 aromatic carbocycles. The molecule has 0 spiro atoms. The Morgan fingerprint density at radius 2 is 2.41 bits per heavy atom. The molecule has 118 valence electrons. The molecule has 2 aliphatic rings. The Kier molecular flexibility index (Phi) is 4.16. The van der Waals surface area contributed by atoms with Crippen LogP contribution in [0, 0.1) is 17.2 Å². The van der Waals surface area contributed by atoms with Gasteiger partial charge in [0.2, 0.25) is 5.91 Å². The lowest BCUT2D eigenvalue weighted by molar-refractivity contribution is -0.124. The number of carbonyl (C=O) groups is 1. The predicted octanol–water partition coefficient (Wildman–Crippen LogP) is 1.40. The highest BCUT2D eigenvalue weighted by atomic mass is 16.2. The molecule has 2 N–H and O–H groups in total. The van der Waals surface area contributed by atoms with Crippen molar-refractivity contribution in [2.24, 2.45) is 5.92 Å². The van der Waals surface area contributed by atoms with E-state index in [1.165, 1.54) is 0 Å². The number of nitrogens with one attached hydrogen (secondary N) is 2. The summed E-state index contributed by atoms with van der Waals surface area (Å²) in [6.07, 6.45) is 7.85. The van der Waals surface area contributed by atoms with Gasteiger partial charge >= 0.3 is 0 Å². The van der Waals surface area contributed by atoms with Crippen LogP contribution in [0.2, 0.25) is 0 Å². The summed E-state index contributed by atoms with van der Waals surface area (Å²) < 4.78 is 0. The van der Waals surface area contributed by atoms with E-state index in [1.54, 1.807) is 6.20 Å². The molecule has 1 saturated carbocycles. The van der Waals surface area contributed by atoms with E-state index in [4.69, 9.17) is 0 Å². The van der Waals surface area contributed by atoms with Gasteiger partial charge in [0.1, 0.15) is 11.4 Å². The molecule has 3 rings (SSSR count). The number of imidazole rings is 1. The third-order valence-corrected chi connectivity index (χ3v) is 4.80. The zero-order valence-electron chi connectivity index (χ0n) is 13.0. The third-order valence-electron chi connectivity index (χ3n) is 4.80. The van der Waals surface area contributed by atoms with Crippen LogP contribution >= 0.6 is 0 Å². The zero-order valence-corrected chi connectivity index (χ0v) is 13.0. The molecule has 1 aromatic heterocycles. The van der Waals surface area contributed by atoms with E-state index in [0.717, 1.165) is 44.6 Å². The second-order valence-corrected chi connectivity index (χ2v) is 6.69. The summed E-state index contributed by atoms with van der Waals surface area (Å²) in [4.78, 5) is 21.9. The van der Waals surface area contributed by atoms with Gasteiger partial charge in [0, 0.05) is 24.9 Å². The van der Waals surface area contributed by atoms with Crippen LogP contribution in [0.1, 0.15) is 44.3 Å². The number of hydrogen-bond donors (Lipinski definition) is 2. The molecule has 2 fully saturated rings. The van der Waals surface area contributed by atoms with Crippen LogP contribution in [0.4, 0.5) is 0 Å². The first-order chi connectivity index (χ1) is 10.6. The minimum Gasteiger partial charge on any atom is -0.348 e. The average molecular weight is 301 g/mol. The first-order valence-electron chi connectivity index (χ1n) is 8.04. The number of rotatable bonds is 5. The quantitative estimate of drug-likeness (QED) is 0.861. The molecule has 1 aliphatic heterocycles. The maximum absolute atomic E-state index is 12.3. The fourth-order valence-corrected chi connectivity index (χ4v) is 3.34. The van der Waals surface area contributed by atoms with Crippen LogP contribution in [0.3, 0.4) is 0 Å². The minimum absolute atomic E-state index is 0.0453. The Morgan fingerprint density at radius 1 is 1.59 bits per heavy atom. The highest BCUT2D eigenvalue weighted by molar-refractivity contribution is 5.79. The van der Waals surface area contributed by atoms with Crippen LogP contribution in [0.25, 0.3) is 0 Å². The number of amides is 1. The smallest absolute Gasteiger partial charge is 0.235 e. The van der Waals surface area contributed by atoms with Crippen LogP contribution in [0.5, 0.6) is 0 Å². The van der Waals surface area contributed by atoms with Gasteiger partial charge in [0.25, 0.3) is 0 Å². The van der Waals surface area contributed by atoms with Crippen molar-refractivity contribution in [1.82, 2.24) is 20.2 Å². The van der Waals surface area contributed by atoms with Crippen molar-refractivity contribution >= 4 is 5.91 Å². The van der Waals surface area contributed by atoms with Gasteiger partial charge in [-0.15, -0.1) is 0 Å². The van der Waals surface area contributed by atoms with Crippen LogP contribution < -0.4 is 5.32 Å². The average Bonchev–Trinajstić information content (AvgIpc) is 3.23. The standard InChI is InChI=1S/C16H23N5O/c1-16(11-17,13-4-5-13)20-14(22)10-21-8-2-3-12(9-21)15-18-6-7-19-15/h6-7,12-13H,2-5,8-10H2,1H3,(H,18,19)(H,20,22)/t12-,16+/m1/s1. The number of nitrogens with zero attached hydrogens (tertiary/aromatic N) is 3. The maximum Gasteiger partial charge on any atom is 0.235 e. The monoisotopic (exact) mass is 301 g/mol. The topological polar surface area (TPSA) is 84.8 Å². The molecule has 1 aromatic rings. The summed E-state index contributed by atoms with van der Waals surface area (Å²) in [5.41, 5.74) is -0.701. The molecule has 0 radical (unpaired) electrons. The van der Waals surface area contributed by atoms with Crippen LogP contribution in [-0.4, -0.2) is 45.9 Å². The Bertz CT molecular complexity index is 560. The predicted molar refractivity (Wildman–Crippen MR) is 81.9 cm³/mol. The van der Waals surface area contributed by atoms with Crippen molar-refractivity contribution in [3.05, 3.63) is 18.2 Å². The summed E-state index contributed by atoms with van der Waals surface area (Å²) in [6, 6.07) is 2.27. The molecule has 0 unspecified atom stereocenters. The number of aromatic nitrogens is 2. The lowest BCUT2D eigenvalue weighted by Gasteiger charge is -2.32. The number of nitriles is 1. The summed E-state index contributed by atoms with van der Waals surface area (Å²) >= 11 is 0. The van der Waals surface area contributed by atoms with Crippen molar-refractivity contribution in [1.29, 1.82) is 5.26 Å². The molecule has 22 heavy (non-hydrogen) atoms. The molecule has 6 heteroatoms. The Morgan fingerprint density at radius 3 is 3.05 bits per heavy atom. The van der Waals surface area contributed by atoms with E-state index in [9.17, 15) is 10.1 Å². The van der Waals surface area contributed by atoms with Gasteiger partial charge in [0.15, 0.2) is 0 Å². The Hall–Kier alpha value is -1.87. The summed E-state index contributed by atoms with van der Waals surface area (Å²) in [7, 11) is 0. The number of H-pyrrole nitrogens is 1. The molecule has 0 bridgehead atoms. The Labute approximate surface area is 130 Å². The number of piperidine rings is 1. The molecular weight excluding hydrogens is 278 g/mol. The number of aromatic amines is 1. The summed E-state index contributed by atoms with van der Waals surface area (Å²) in [5, 5.41) is 12.3. The lowest BCUT2D eigenvalue weighted by atomic mass is 9.96. The van der Waals surface area contributed by atoms with Crippen molar-refractivity contribution in [2.75, 3.05) is 19.6 Å². The van der Waals surface area contributed by atoms with Crippen molar-refractivity contribution in [3.8, 4) is 6.07 Å². The largest absolute Gasteiger partial charge is 0.348 e. The van der Waals surface area contributed by atoms with Gasteiger partial charge < -0.3 is 10.3 Å². The molecule has 1 amide bonds. The van der Waals surface area contributed by atoms with Gasteiger partial charge in [-0.3, -0.25) is 9.69 Å². The summed E-state index contributed by atoms with van der Waals surface area (Å²) in [5.74, 6) is 1.64. The van der Waals surface area contributed by atoms with Gasteiger partial charge in [0.05, 0.1) is 12.6 Å². The van der Waals surface area contributed by atoms with Crippen molar-refractivity contribution in [3.63, 3.8) is 0 Å². The number of hydrogen-bond acceptors (Lipinski definition) is 4. The molecule has 2 atom stereocenters. The number of carbonyl (C=O) groups excluding carboxylic acids is 1. The molecule has 6 nitrogen and oxygen atoms in total. The fraction of sp³-hybridized carbons (Fsp3) is 0.688. The van der Waals surface area contributed by atoms with Gasteiger partial charge in [-0.2, -0.15) is 5.26 Å². The second-order valence-electron chi connectivity index (χ2n) is 6.69. The van der Waals surface area contributed by atoms with E-state index in [0.29, 0.717) is 18.4 Å². The van der Waals surface area contributed by atoms with Gasteiger partial charge in [-0.1, -0.05) is 0 Å². The number of likely N-dealkylation sites (tertiary alicyclic amines) is 1. The van der Waals surface area contributed by atoms with E-state index >= 15 is 0 Å². The second kappa shape index (κ2) is 6.09. The van der Waals surface area contributed by atoms with Crippen molar-refractivity contribution in [2.45, 2.75) is 44.1 Å². The maximum atomic E-state index is 12.3. The van der Waals surface area contributed by atoms with Gasteiger partial charge in [-0.25, -0.2) is 4.98 Å². The highest BCUT2D eigenvalue weighted by Crippen LogP contribution is 2.39. The highest BCUT2D eigenvalue weighted by Gasteiger charge is 2.43. The molecule has 1 saturated heterocycles. The summed E-state index contributed by atoms with van der Waals surface area (Å²) in [6.45, 7) is 3.97. The van der Waals surface area contributed by atoms with Crippen LogP contribution in [-0.2, 0) is 4.79 Å². The Balaban J connectivity index is 1.54. The van der Waals surface area contributed by atoms with E-state index in [1.807, 2.05) is 13.1 Å².